The number of hydrogen-bond donors (Lipinski definition) is 14. The van der Waals surface area contributed by atoms with Crippen molar-refractivity contribution in [3.05, 3.63) is 68.8 Å². The molecule has 5 aliphatic rings. The predicted molar refractivity (Wildman–Crippen MR) is 340 cm³/mol. The zero-order chi connectivity index (χ0) is 63.1. The summed E-state index contributed by atoms with van der Waals surface area (Å²) in [7, 11) is 0. The van der Waals surface area contributed by atoms with Crippen LogP contribution in [0.5, 0.6) is 0 Å². The van der Waals surface area contributed by atoms with Crippen molar-refractivity contribution in [2.24, 2.45) is 0 Å². The molecule has 22 nitrogen and oxygen atoms in total. The summed E-state index contributed by atoms with van der Waals surface area (Å²) in [6.07, 6.45) is -13.3. The standard InChI is InChI=1S/C60H86N4O18S5/c1-8-32-26(2)34-22-39-44(31(7)79-14-9-15-85-58-54(75)51(72)48(69)40(23-65)80-58)28(4)36(62-39)20-35-27(3)33(12-13-43(68)83-16-10-18-86-59-55(76)52(73)49(70)41(24-66)81-59)46(63-35)30(6)47-45(29(5)37(64-47)21-38(32)61-34)57(78)84-17-11-19-87-60-56(77)53(74)50(71)42(25-67)82-60/h20-22,27,31,33,40-42,48-56,58-61,64-67,69-77H,8-19,23-25H2,1-7H3/t27-,31?,33-,40+,41+,42+,48+,49+,50+,51-,52-,53-,54+,55+,56+,58-,59-,60-/m0/s1. The van der Waals surface area contributed by atoms with E-state index >= 15 is 0 Å². The van der Waals surface area contributed by atoms with E-state index in [1.54, 1.807) is 0 Å². The number of ether oxygens (including phenoxy) is 4. The number of fused-ring (bicyclic) bond motifs is 8. The molecule has 3 fully saturated rings. The van der Waals surface area contributed by atoms with Crippen molar-refractivity contribution in [3.63, 3.8) is 0 Å². The van der Waals surface area contributed by atoms with E-state index in [0.717, 1.165) is 67.6 Å². The lowest BCUT2D eigenvalue weighted by molar-refractivity contribution is -0.205. The third kappa shape index (κ3) is 15.9. The second kappa shape index (κ2) is 31.8. The number of nitrogens with zero attached hydrogens (tertiary/aromatic N) is 2. The van der Waals surface area contributed by atoms with Crippen molar-refractivity contribution in [2.75, 3.05) is 55.2 Å². The van der Waals surface area contributed by atoms with Gasteiger partial charge in [0, 0.05) is 69.9 Å². The minimum absolute atomic E-state index is 0.0237. The number of aromatic nitrogens is 4. The van der Waals surface area contributed by atoms with Gasteiger partial charge in [-0.3, -0.25) is 14.6 Å². The van der Waals surface area contributed by atoms with Gasteiger partial charge in [-0.2, -0.15) is 0 Å². The average Bonchev–Trinajstić information content (AvgIpc) is 1.93. The van der Waals surface area contributed by atoms with Gasteiger partial charge in [0.05, 0.1) is 48.4 Å². The van der Waals surface area contributed by atoms with Crippen LogP contribution in [0.1, 0.15) is 127 Å². The fraction of sp³-hybridized carbons (Fsp3) is 0.667. The van der Waals surface area contributed by atoms with Crippen LogP contribution in [0.3, 0.4) is 0 Å². The summed E-state index contributed by atoms with van der Waals surface area (Å²) in [6.45, 7) is 12.9. The maximum atomic E-state index is 14.8. The van der Waals surface area contributed by atoms with E-state index in [0.29, 0.717) is 95.5 Å². The fourth-order valence-corrected chi connectivity index (χ4v) is 17.2. The molecular formula is C60H86N4O18S5. The zero-order valence-electron chi connectivity index (χ0n) is 50.0. The molecule has 8 bridgehead atoms. The number of aromatic amines is 2. The van der Waals surface area contributed by atoms with Crippen LogP contribution in [-0.4, -0.2) is 242 Å². The Kier molecular flexibility index (Phi) is 25.6. The molecule has 3 aromatic rings. The number of carbonyl (C=O) groups excluding carboxylic acids is 2. The topological polar surface area (TPSA) is 371 Å². The van der Waals surface area contributed by atoms with Crippen LogP contribution in [-0.2, 0) is 30.2 Å². The Morgan fingerprint density at radius 2 is 1.13 bits per heavy atom. The number of H-pyrrole nitrogens is 2. The van der Waals surface area contributed by atoms with Crippen LogP contribution >= 0.6 is 58.8 Å². The van der Waals surface area contributed by atoms with E-state index in [9.17, 15) is 70.9 Å². The highest BCUT2D eigenvalue weighted by atomic mass is 32.2. The van der Waals surface area contributed by atoms with E-state index < -0.39 is 115 Å². The Labute approximate surface area is 527 Å². The number of carbonyl (C=O) groups is 2. The van der Waals surface area contributed by atoms with Crippen molar-refractivity contribution in [1.82, 2.24) is 19.9 Å². The van der Waals surface area contributed by atoms with Gasteiger partial charge in [-0.1, -0.05) is 37.4 Å². The van der Waals surface area contributed by atoms with Crippen molar-refractivity contribution in [2.45, 2.75) is 194 Å². The number of aliphatic hydroxyl groups excluding tert-OH is 12. The quantitative estimate of drug-likeness (QED) is 0.0538. The number of thioether (sulfide) groups is 5. The maximum Gasteiger partial charge on any atom is 0.221 e. The summed E-state index contributed by atoms with van der Waals surface area (Å²) in [6, 6.07) is 6.07. The summed E-state index contributed by atoms with van der Waals surface area (Å²) >= 11 is 6.11. The molecule has 14 N–H and O–H groups in total. The first kappa shape index (κ1) is 70.2. The van der Waals surface area contributed by atoms with Gasteiger partial charge in [0.2, 0.25) is 5.12 Å². The Morgan fingerprint density at radius 3 is 1.66 bits per heavy atom. The van der Waals surface area contributed by atoms with Crippen molar-refractivity contribution >= 4 is 102 Å². The van der Waals surface area contributed by atoms with Crippen molar-refractivity contribution in [1.29, 1.82) is 0 Å². The van der Waals surface area contributed by atoms with Gasteiger partial charge in [-0.05, 0) is 130 Å². The van der Waals surface area contributed by atoms with Gasteiger partial charge in [0.1, 0.15) is 89.6 Å². The molecule has 1 unspecified atom stereocenters. The van der Waals surface area contributed by atoms with Gasteiger partial charge in [0.15, 0.2) is 5.12 Å². The van der Waals surface area contributed by atoms with Crippen LogP contribution in [0.4, 0.5) is 0 Å². The molecule has 8 heterocycles. The third-order valence-corrected chi connectivity index (χ3v) is 22.8. The maximum absolute atomic E-state index is 14.8. The lowest BCUT2D eigenvalue weighted by Gasteiger charge is -2.39. The lowest BCUT2D eigenvalue weighted by atomic mass is 9.86. The summed E-state index contributed by atoms with van der Waals surface area (Å²) in [5, 5.41) is 122. The molecule has 0 spiro atoms. The number of rotatable bonds is 25. The zero-order valence-corrected chi connectivity index (χ0v) is 54.1. The molecule has 5 aliphatic heterocycles. The molecule has 27 heteroatoms. The van der Waals surface area contributed by atoms with Gasteiger partial charge in [0.25, 0.3) is 0 Å². The molecule has 0 amide bonds. The SMILES string of the molecule is CCc1c(C)c2cc3nc(cc4nc(c(C)c5[nH]c(cc1[nH]2)c(C)c5C(=O)SCCCS[C@@H]1O[C@H](CO)[C@@H](O)[C@H](O)[C@H]1O)[C@@H](CCC(=O)SCCCS[C@@H]1O[C@H](CO)[C@@H](O)[C@H](O)[C@H]1O)[C@@H]4C)C(C)=C3C(C)OCCCS[C@@H]1O[C@H](CO)[C@@H](O)[C@H](O)[C@H]1O. The van der Waals surface area contributed by atoms with Crippen LogP contribution in [0.25, 0.3) is 33.2 Å². The predicted octanol–water partition coefficient (Wildman–Crippen LogP) is 3.71. The average molecular weight is 1310 g/mol. The normalized spacial score (nSPS) is 30.7. The fourth-order valence-electron chi connectivity index (χ4n) is 11.8. The second-order valence-electron chi connectivity index (χ2n) is 22.8. The lowest BCUT2D eigenvalue weighted by Crippen LogP contribution is -2.57. The number of aryl methyl sites for hydroxylation is 4. The summed E-state index contributed by atoms with van der Waals surface area (Å²) < 4.78 is 23.6. The van der Waals surface area contributed by atoms with E-state index in [1.807, 2.05) is 45.9 Å². The Balaban J connectivity index is 1.09. The van der Waals surface area contributed by atoms with Gasteiger partial charge in [-0.25, -0.2) is 4.98 Å². The minimum Gasteiger partial charge on any atom is -0.394 e. The van der Waals surface area contributed by atoms with E-state index in [1.165, 1.54) is 47.0 Å². The Bertz CT molecular complexity index is 3060. The monoisotopic (exact) mass is 1310 g/mol. The molecule has 8 rings (SSSR count). The van der Waals surface area contributed by atoms with Gasteiger partial charge < -0.3 is 90.2 Å². The first-order valence-electron chi connectivity index (χ1n) is 29.7. The summed E-state index contributed by atoms with van der Waals surface area (Å²) in [4.78, 5) is 46.6. The van der Waals surface area contributed by atoms with Crippen LogP contribution in [0.2, 0.25) is 0 Å². The molecule has 0 aliphatic carbocycles. The molecule has 0 saturated carbocycles. The highest BCUT2D eigenvalue weighted by Crippen LogP contribution is 2.44. The number of nitrogens with one attached hydrogen (secondary N) is 2. The van der Waals surface area contributed by atoms with Crippen molar-refractivity contribution < 1.29 is 89.8 Å². The molecule has 3 aromatic heterocycles. The molecule has 0 radical (unpaired) electrons. The van der Waals surface area contributed by atoms with Crippen LogP contribution < -0.4 is 0 Å². The Hall–Kier alpha value is -2.69. The molecular weight excluding hydrogens is 1230 g/mol. The number of allylic oxidation sites excluding steroid dienone is 1. The van der Waals surface area contributed by atoms with Crippen molar-refractivity contribution in [3.8, 4) is 0 Å². The molecule has 484 valence electrons. The number of hydrogen-bond acceptors (Lipinski definition) is 25. The first-order valence-corrected chi connectivity index (χ1v) is 34.8. The van der Waals surface area contributed by atoms with Crippen LogP contribution in [0, 0.1) is 20.8 Å². The molecule has 18 atom stereocenters. The number of aliphatic hydroxyl groups is 12. The van der Waals surface area contributed by atoms with E-state index in [4.69, 9.17) is 28.9 Å². The Morgan fingerprint density at radius 1 is 0.609 bits per heavy atom. The van der Waals surface area contributed by atoms with Gasteiger partial charge >= 0.3 is 0 Å². The highest BCUT2D eigenvalue weighted by Gasteiger charge is 2.46. The minimum atomic E-state index is -1.49. The summed E-state index contributed by atoms with van der Waals surface area (Å²) in [5.41, 5.74) is 9.09. The molecule has 3 saturated heterocycles. The smallest absolute Gasteiger partial charge is 0.221 e. The largest absolute Gasteiger partial charge is 0.394 e. The van der Waals surface area contributed by atoms with Crippen LogP contribution in [0.15, 0.2) is 18.2 Å². The third-order valence-electron chi connectivity index (χ3n) is 17.1. The van der Waals surface area contributed by atoms with E-state index in [2.05, 4.69) is 30.7 Å². The van der Waals surface area contributed by atoms with E-state index in [-0.39, 0.29) is 28.5 Å². The first-order chi connectivity index (χ1) is 41.5. The summed E-state index contributed by atoms with van der Waals surface area (Å²) in [5.74, 6) is 1.83. The molecule has 0 aromatic carbocycles. The van der Waals surface area contributed by atoms with Gasteiger partial charge in [-0.15, -0.1) is 35.3 Å². The second-order valence-corrected chi connectivity index (χ2v) is 28.6. The molecule has 87 heavy (non-hydrogen) atoms. The highest BCUT2D eigenvalue weighted by molar-refractivity contribution is 8.14.